The van der Waals surface area contributed by atoms with Crippen molar-refractivity contribution < 1.29 is 29.6 Å². The molecule has 1 aliphatic heterocycles. The van der Waals surface area contributed by atoms with E-state index >= 15 is 0 Å². The van der Waals surface area contributed by atoms with E-state index in [1.807, 2.05) is 30.5 Å². The first-order valence-corrected chi connectivity index (χ1v) is 13.0. The maximum atomic E-state index is 10.6. The predicted molar refractivity (Wildman–Crippen MR) is 151 cm³/mol. The van der Waals surface area contributed by atoms with Gasteiger partial charge in [-0.3, -0.25) is 4.90 Å². The molecule has 39 heavy (non-hydrogen) atoms. The van der Waals surface area contributed by atoms with Crippen LogP contribution in [0, 0.1) is 0 Å². The molecule has 3 atom stereocenters. The highest BCUT2D eigenvalue weighted by Gasteiger charge is 2.28. The minimum Gasteiger partial charge on any atom is -0.490 e. The number of carboxylic acids is 2. The van der Waals surface area contributed by atoms with Gasteiger partial charge in [0.15, 0.2) is 0 Å². The fraction of sp³-hybridized carbons (Fsp3) is 0.290. The molecule has 0 amide bonds. The van der Waals surface area contributed by atoms with Crippen LogP contribution in [0.1, 0.15) is 31.2 Å². The number of likely N-dealkylation sites (tertiary alicyclic amines) is 1. The first-order valence-electron chi connectivity index (χ1n) is 13.0. The van der Waals surface area contributed by atoms with Crippen molar-refractivity contribution in [1.29, 1.82) is 0 Å². The van der Waals surface area contributed by atoms with Crippen molar-refractivity contribution in [2.24, 2.45) is 0 Å². The number of carbonyl (C=O) groups is 2. The molecule has 1 fully saturated rings. The molecule has 8 heteroatoms. The number of benzene rings is 3. The summed E-state index contributed by atoms with van der Waals surface area (Å²) in [6.07, 6.45) is 4.77. The van der Waals surface area contributed by atoms with E-state index in [0.717, 1.165) is 36.0 Å². The summed E-state index contributed by atoms with van der Waals surface area (Å²) in [5.74, 6) is -1.11. The number of hydrogen-bond donors (Lipinski definition) is 4. The van der Waals surface area contributed by atoms with Gasteiger partial charge in [-0.25, -0.2) is 9.59 Å². The monoisotopic (exact) mass is 530 g/mol. The topological polar surface area (TPSA) is 123 Å². The zero-order chi connectivity index (χ0) is 27.8. The molecule has 4 aromatic rings. The third-order valence-corrected chi connectivity index (χ3v) is 7.06. The second kappa shape index (κ2) is 13.1. The van der Waals surface area contributed by atoms with Crippen LogP contribution in [0.4, 0.5) is 0 Å². The van der Waals surface area contributed by atoms with Gasteiger partial charge in [0.1, 0.15) is 18.5 Å². The maximum Gasteiger partial charge on any atom is 0.328 e. The number of β-amino-alcohol motifs (C(OH)–C–C–N with tert-alkyl or cyclic N) is 1. The van der Waals surface area contributed by atoms with Crippen molar-refractivity contribution in [2.75, 3.05) is 19.7 Å². The predicted octanol–water partition coefficient (Wildman–Crippen LogP) is 5.04. The minimum atomic E-state index is -1.26. The van der Waals surface area contributed by atoms with Crippen molar-refractivity contribution >= 4 is 33.6 Å². The smallest absolute Gasteiger partial charge is 0.328 e. The normalized spacial score (nSPS) is 18.5. The zero-order valence-corrected chi connectivity index (χ0v) is 21.9. The van der Waals surface area contributed by atoms with Gasteiger partial charge in [-0.1, -0.05) is 48.5 Å². The Hall–Kier alpha value is -4.14. The van der Waals surface area contributed by atoms with E-state index in [9.17, 15) is 14.7 Å². The summed E-state index contributed by atoms with van der Waals surface area (Å²) in [6, 6.07) is 23.9. The van der Waals surface area contributed by atoms with Crippen LogP contribution in [0.3, 0.4) is 0 Å². The van der Waals surface area contributed by atoms with Crippen LogP contribution in [-0.2, 0) is 9.59 Å². The lowest BCUT2D eigenvalue weighted by atomic mass is 9.85. The van der Waals surface area contributed by atoms with E-state index in [0.29, 0.717) is 37.3 Å². The summed E-state index contributed by atoms with van der Waals surface area (Å²) in [4.78, 5) is 24.7. The van der Waals surface area contributed by atoms with Gasteiger partial charge in [0, 0.05) is 41.8 Å². The first-order chi connectivity index (χ1) is 18.8. The number of aromatic amines is 1. The van der Waals surface area contributed by atoms with Gasteiger partial charge in [0.25, 0.3) is 0 Å². The average molecular weight is 531 g/mol. The van der Waals surface area contributed by atoms with Gasteiger partial charge in [-0.15, -0.1) is 0 Å². The number of H-pyrrole nitrogens is 1. The quantitative estimate of drug-likeness (QED) is 0.235. The highest BCUT2D eigenvalue weighted by molar-refractivity contribution is 5.89. The van der Waals surface area contributed by atoms with Crippen LogP contribution in [0.15, 0.2) is 85.1 Å². The van der Waals surface area contributed by atoms with Crippen molar-refractivity contribution in [3.05, 3.63) is 90.6 Å². The van der Waals surface area contributed by atoms with E-state index in [-0.39, 0.29) is 0 Å². The van der Waals surface area contributed by atoms with E-state index in [4.69, 9.17) is 14.9 Å². The lowest BCUT2D eigenvalue weighted by Gasteiger charge is -2.39. The van der Waals surface area contributed by atoms with Crippen molar-refractivity contribution in [3.8, 4) is 5.75 Å². The summed E-state index contributed by atoms with van der Waals surface area (Å²) in [6.45, 7) is 4.24. The number of ether oxygens (including phenoxy) is 1. The molecule has 0 aliphatic carbocycles. The molecule has 5 rings (SSSR count). The van der Waals surface area contributed by atoms with Gasteiger partial charge in [-0.05, 0) is 66.8 Å². The van der Waals surface area contributed by atoms with Crippen molar-refractivity contribution in [1.82, 2.24) is 9.88 Å². The molecular weight excluding hydrogens is 496 g/mol. The van der Waals surface area contributed by atoms with Crippen LogP contribution in [0.25, 0.3) is 21.7 Å². The molecule has 8 nitrogen and oxygen atoms in total. The number of carboxylic acid groups (broad SMARTS) is 2. The number of nitrogens with zero attached hydrogens (tertiary/aromatic N) is 1. The number of rotatable bonds is 8. The number of piperidine rings is 1. The minimum absolute atomic E-state index is 0.307. The lowest BCUT2D eigenvalue weighted by molar-refractivity contribution is -0.134. The number of aliphatic hydroxyl groups excluding tert-OH is 1. The van der Waals surface area contributed by atoms with E-state index in [1.165, 1.54) is 16.3 Å². The molecule has 0 saturated carbocycles. The molecule has 1 aliphatic rings. The SMILES string of the molecule is C[C@H]1C[C@H](c2ccc3ccccc3c2)CCN1C[C@H](O)COc1cccc2[nH]ccc12.O=C(O)/C=C\C(=O)O. The molecule has 3 aromatic carbocycles. The molecule has 0 radical (unpaired) electrons. The molecule has 1 aromatic heterocycles. The molecule has 0 bridgehead atoms. The largest absolute Gasteiger partial charge is 0.490 e. The molecule has 204 valence electrons. The van der Waals surface area contributed by atoms with Gasteiger partial charge in [-0.2, -0.15) is 0 Å². The van der Waals surface area contributed by atoms with Gasteiger partial charge >= 0.3 is 11.9 Å². The Morgan fingerprint density at radius 1 is 1.03 bits per heavy atom. The van der Waals surface area contributed by atoms with Gasteiger partial charge in [0.05, 0.1) is 0 Å². The van der Waals surface area contributed by atoms with Crippen LogP contribution < -0.4 is 4.74 Å². The second-order valence-electron chi connectivity index (χ2n) is 9.84. The highest BCUT2D eigenvalue weighted by Crippen LogP contribution is 2.33. The standard InChI is InChI=1S/C27H30N2O2.C4H4O4/c1-19-15-23(22-10-9-20-5-2-3-6-21(20)16-22)12-14-29(19)17-24(30)18-31-27-8-4-7-26-25(27)11-13-28-26;5-3(6)1-2-4(7)8/h2-11,13,16,19,23-24,28,30H,12,14-15,17-18H2,1H3;1-2H,(H,5,6)(H,7,8)/b;2-1-/t19-,23+,24-;/m0./s1. The molecular formula is C31H34N2O6. The highest BCUT2D eigenvalue weighted by atomic mass is 16.5. The summed E-state index contributed by atoms with van der Waals surface area (Å²) < 4.78 is 5.95. The lowest BCUT2D eigenvalue weighted by Crippen LogP contribution is -2.45. The van der Waals surface area contributed by atoms with Crippen LogP contribution in [-0.4, -0.2) is 69.0 Å². The molecule has 2 heterocycles. The molecule has 0 unspecified atom stereocenters. The van der Waals surface area contributed by atoms with Crippen molar-refractivity contribution in [3.63, 3.8) is 0 Å². The number of hydrogen-bond acceptors (Lipinski definition) is 5. The number of nitrogens with one attached hydrogen (secondary N) is 1. The Balaban J connectivity index is 0.000000386. The number of aliphatic carboxylic acids is 2. The Kier molecular flexibility index (Phi) is 9.35. The molecule has 1 saturated heterocycles. The average Bonchev–Trinajstić information content (AvgIpc) is 3.42. The van der Waals surface area contributed by atoms with Crippen LogP contribution in [0.2, 0.25) is 0 Å². The maximum absolute atomic E-state index is 10.6. The Labute approximate surface area is 227 Å². The summed E-state index contributed by atoms with van der Waals surface area (Å²) >= 11 is 0. The zero-order valence-electron chi connectivity index (χ0n) is 21.9. The fourth-order valence-electron chi connectivity index (χ4n) is 5.09. The Morgan fingerprint density at radius 2 is 1.77 bits per heavy atom. The second-order valence-corrected chi connectivity index (χ2v) is 9.84. The van der Waals surface area contributed by atoms with E-state index in [2.05, 4.69) is 59.3 Å². The summed E-state index contributed by atoms with van der Waals surface area (Å²) in [5, 5.41) is 29.9. The van der Waals surface area contributed by atoms with Crippen molar-refractivity contribution in [2.45, 2.75) is 37.8 Å². The van der Waals surface area contributed by atoms with Crippen LogP contribution >= 0.6 is 0 Å². The number of fused-ring (bicyclic) bond motifs is 2. The van der Waals surface area contributed by atoms with Gasteiger partial charge < -0.3 is 25.0 Å². The molecule has 0 spiro atoms. The van der Waals surface area contributed by atoms with E-state index in [1.54, 1.807) is 0 Å². The summed E-state index contributed by atoms with van der Waals surface area (Å²) in [5.41, 5.74) is 2.49. The number of aliphatic hydroxyl groups is 1. The molecule has 4 N–H and O–H groups in total. The summed E-state index contributed by atoms with van der Waals surface area (Å²) in [7, 11) is 0. The van der Waals surface area contributed by atoms with Gasteiger partial charge in [0.2, 0.25) is 0 Å². The number of aromatic nitrogens is 1. The van der Waals surface area contributed by atoms with Crippen LogP contribution in [0.5, 0.6) is 5.75 Å². The Morgan fingerprint density at radius 3 is 2.49 bits per heavy atom. The Bertz CT molecular complexity index is 1430. The third kappa shape index (κ3) is 7.69. The fourth-order valence-corrected chi connectivity index (χ4v) is 5.09. The third-order valence-electron chi connectivity index (χ3n) is 7.06. The first kappa shape index (κ1) is 27.9. The van der Waals surface area contributed by atoms with E-state index < -0.39 is 18.0 Å².